The molecule has 22 nitrogen and oxygen atoms in total. The van der Waals surface area contributed by atoms with Crippen molar-refractivity contribution >= 4 is 128 Å². The lowest BCUT2D eigenvalue weighted by Crippen LogP contribution is -2.54. The fourth-order valence-corrected chi connectivity index (χ4v) is 11.7. The summed E-state index contributed by atoms with van der Waals surface area (Å²) in [5.74, 6) is -12.8. The summed E-state index contributed by atoms with van der Waals surface area (Å²) in [5, 5.41) is 75.1. The third-order valence-corrected chi connectivity index (χ3v) is 16.6. The molecule has 89 heavy (non-hydrogen) atoms. The van der Waals surface area contributed by atoms with Crippen molar-refractivity contribution in [2.24, 2.45) is 0 Å². The number of aliphatic carboxylic acids is 1. The Morgan fingerprint density at radius 3 is 1.71 bits per heavy atom. The first-order valence-corrected chi connectivity index (χ1v) is 28.7. The van der Waals surface area contributed by atoms with E-state index in [2.05, 4.69) is 31.6 Å². The standard InChI is InChI=1S/C61H45Cl6N7O15/c1-74-43(56(82)73-48(61(87)88)25-7-9-31(75)10-8-25)13-24-5-11-32(12-6-24)89-44-22-26-14-35(51(44)77)34-4-2-3-33-30(23-68-49(33)34)21-42(69-59(85)50(76)29-19-40(66)54(80)41(67)20-29)55(81)70-46(27-15-36(62)52(78)37(63)16-27)57(83)71-45(26)58(84)72-47(60(74)86)28-17-38(64)53(79)39(65)18-28/h2-12,14-20,22-23,42-43,45-48,68,75,77-80H,13,21H2,1H3,(H,69,85)(H,70,81)(H,71,83)(H,72,84)(H,73,82)(H,87,88)/t42-,43+,45+,46+,47+,48-/m0/s1. The van der Waals surface area contributed by atoms with Gasteiger partial charge in [0.15, 0.2) is 34.8 Å². The maximum Gasteiger partial charge on any atom is 0.330 e. The fourth-order valence-electron chi connectivity index (χ4n) is 10.3. The molecule has 11 rings (SSSR count). The van der Waals surface area contributed by atoms with Crippen molar-refractivity contribution in [1.29, 1.82) is 0 Å². The van der Waals surface area contributed by atoms with Crippen molar-refractivity contribution in [3.8, 4) is 51.4 Å². The summed E-state index contributed by atoms with van der Waals surface area (Å²) in [7, 11) is 1.19. The fraction of sp³-hybridized carbons (Fsp3) is 0.148. The number of hydrogen-bond donors (Lipinski definition) is 12. The van der Waals surface area contributed by atoms with Gasteiger partial charge in [-0.2, -0.15) is 0 Å². The van der Waals surface area contributed by atoms with E-state index in [-0.39, 0.29) is 72.7 Å². The summed E-state index contributed by atoms with van der Waals surface area (Å²) in [6, 6.07) is 13.3. The summed E-state index contributed by atoms with van der Waals surface area (Å²) >= 11 is 38.1. The molecule has 12 N–H and O–H groups in total. The summed E-state index contributed by atoms with van der Waals surface area (Å²) in [5.41, 5.74) is 0.227. The van der Waals surface area contributed by atoms with Gasteiger partial charge in [-0.15, -0.1) is 0 Å². The number of aromatic nitrogens is 1. The number of carboxylic acids is 1. The Hall–Kier alpha value is -9.42. The quantitative estimate of drug-likeness (QED) is 0.0473. The molecule has 6 amide bonds. The third kappa shape index (κ3) is 12.8. The van der Waals surface area contributed by atoms with Crippen LogP contribution < -0.4 is 31.3 Å². The lowest BCUT2D eigenvalue weighted by molar-refractivity contribution is -0.145. The number of nitrogens with one attached hydrogen (secondary N) is 6. The molecule has 1 aromatic heterocycles. The number of para-hydroxylation sites is 1. The van der Waals surface area contributed by atoms with Crippen molar-refractivity contribution < 1.29 is 73.7 Å². The van der Waals surface area contributed by atoms with Crippen LogP contribution in [-0.4, -0.2) is 107 Å². The van der Waals surface area contributed by atoms with Crippen LogP contribution in [0.2, 0.25) is 30.1 Å². The van der Waals surface area contributed by atoms with Crippen LogP contribution in [0.1, 0.15) is 67.9 Å². The highest BCUT2D eigenvalue weighted by Gasteiger charge is 2.40. The van der Waals surface area contributed by atoms with Crippen LogP contribution in [0.15, 0.2) is 121 Å². The van der Waals surface area contributed by atoms with E-state index < -0.39 is 133 Å². The lowest BCUT2D eigenvalue weighted by atomic mass is 9.94. The number of ketones is 1. The van der Waals surface area contributed by atoms with Crippen LogP contribution in [0.3, 0.4) is 0 Å². The number of carboxylic acid groups (broad SMARTS) is 1. The zero-order chi connectivity index (χ0) is 64.0. The highest BCUT2D eigenvalue weighted by Crippen LogP contribution is 2.46. The summed E-state index contributed by atoms with van der Waals surface area (Å²) < 4.78 is 6.40. The van der Waals surface area contributed by atoms with Gasteiger partial charge >= 0.3 is 5.97 Å². The molecule has 0 spiro atoms. The van der Waals surface area contributed by atoms with Crippen LogP contribution >= 0.6 is 69.6 Å². The smallest absolute Gasteiger partial charge is 0.330 e. The molecule has 8 aromatic rings. The van der Waals surface area contributed by atoms with Gasteiger partial charge in [0.2, 0.25) is 35.3 Å². The first-order chi connectivity index (χ1) is 42.3. The van der Waals surface area contributed by atoms with E-state index in [4.69, 9.17) is 74.3 Å². The molecule has 0 aliphatic carbocycles. The number of phenols is 5. The molecule has 0 radical (unpaired) electrons. The van der Waals surface area contributed by atoms with Gasteiger partial charge in [-0.1, -0.05) is 112 Å². The number of likely N-dealkylation sites (N-methyl/N-ethyl adjacent to an activating group) is 1. The van der Waals surface area contributed by atoms with Gasteiger partial charge in [0.25, 0.3) is 5.91 Å². The van der Waals surface area contributed by atoms with E-state index in [9.17, 15) is 49.8 Å². The van der Waals surface area contributed by atoms with E-state index in [0.717, 1.165) is 41.3 Å². The lowest BCUT2D eigenvalue weighted by Gasteiger charge is -2.33. The van der Waals surface area contributed by atoms with E-state index in [1.54, 1.807) is 18.2 Å². The minimum Gasteiger partial charge on any atom is -0.508 e. The minimum atomic E-state index is -2.08. The molecule has 0 saturated heterocycles. The normalized spacial score (nSPS) is 18.2. The van der Waals surface area contributed by atoms with E-state index in [0.29, 0.717) is 22.0 Å². The average molecular weight is 1330 g/mol. The number of nitrogens with zero attached hydrogens (tertiary/aromatic N) is 1. The number of amides is 6. The number of aromatic amines is 1. The van der Waals surface area contributed by atoms with Gasteiger partial charge in [0.1, 0.15) is 41.7 Å². The number of carbonyl (C=O) groups excluding carboxylic acids is 7. The third-order valence-electron chi connectivity index (χ3n) is 14.9. The van der Waals surface area contributed by atoms with Gasteiger partial charge in [-0.05, 0) is 106 Å². The van der Waals surface area contributed by atoms with Gasteiger partial charge < -0.3 is 71.8 Å². The largest absolute Gasteiger partial charge is 0.508 e. The second kappa shape index (κ2) is 25.4. The molecular formula is C61H45Cl6N7O15. The molecule has 3 aliphatic heterocycles. The number of halogens is 6. The monoisotopic (exact) mass is 1330 g/mol. The van der Waals surface area contributed by atoms with E-state index in [1.165, 1.54) is 73.9 Å². The van der Waals surface area contributed by atoms with Crippen LogP contribution in [0.5, 0.6) is 40.2 Å². The van der Waals surface area contributed by atoms with E-state index in [1.807, 2.05) is 0 Å². The predicted molar refractivity (Wildman–Crippen MR) is 326 cm³/mol. The molecule has 6 atom stereocenters. The number of Topliss-reactive ketones (excluding diaryl/α,β-unsaturated/α-hetero) is 1. The Balaban J connectivity index is 1.16. The number of fused-ring (bicyclic) bond motifs is 10. The number of benzene rings is 7. The minimum absolute atomic E-state index is 0.0362. The zero-order valence-corrected chi connectivity index (χ0v) is 50.0. The predicted octanol–water partition coefficient (Wildman–Crippen LogP) is 9.20. The molecule has 9 bridgehead atoms. The van der Waals surface area contributed by atoms with Gasteiger partial charge in [0, 0.05) is 48.2 Å². The number of H-pyrrole nitrogens is 1. The Bertz CT molecular complexity index is 4210. The van der Waals surface area contributed by atoms with Crippen molar-refractivity contribution in [3.05, 3.63) is 191 Å². The molecule has 0 unspecified atom stereocenters. The molecule has 7 aromatic carbocycles. The summed E-state index contributed by atoms with van der Waals surface area (Å²) in [6.07, 6.45) is 0.734. The zero-order valence-electron chi connectivity index (χ0n) is 45.5. The summed E-state index contributed by atoms with van der Waals surface area (Å²) in [6.45, 7) is 0. The highest BCUT2D eigenvalue weighted by molar-refractivity contribution is 6.45. The number of rotatable bonds is 9. The molecule has 456 valence electrons. The molecular weight excluding hydrogens is 1280 g/mol. The number of aromatic hydroxyl groups is 5. The van der Waals surface area contributed by atoms with Crippen molar-refractivity contribution in [1.82, 2.24) is 36.5 Å². The van der Waals surface area contributed by atoms with Crippen LogP contribution in [0.25, 0.3) is 22.0 Å². The molecule has 28 heteroatoms. The first-order valence-electron chi connectivity index (χ1n) is 26.4. The van der Waals surface area contributed by atoms with Gasteiger partial charge in [-0.25, -0.2) is 4.79 Å². The van der Waals surface area contributed by atoms with Crippen LogP contribution in [-0.2, 0) is 46.4 Å². The maximum absolute atomic E-state index is 15.8. The number of ether oxygens (including phenoxy) is 1. The molecule has 3 aliphatic rings. The average Bonchev–Trinajstić information content (AvgIpc) is 1.86. The SMILES string of the molecule is CN1C(=O)[C@@H](c2cc(Cl)c(O)c(Cl)c2)NC(=O)[C@@H]2NC(=O)[C@@H](c3cc(Cl)c(O)c(Cl)c3)NC(=O)[C@@H](NC(=O)C(=O)c3cc(Cl)c(O)c(Cl)c3)Cc3c[nH]c4c(cccc34)-c3cc2cc(c3O)Oc2ccc(cc2)C[C@@H]1C(=O)N[C@H](C(=O)O)c1ccc(O)cc1. The number of hydrogen-bond acceptors (Lipinski definition) is 14. The topological polar surface area (TPSA) is 346 Å². The molecule has 0 saturated carbocycles. The highest BCUT2D eigenvalue weighted by atomic mass is 35.5. The van der Waals surface area contributed by atoms with Gasteiger partial charge in [0.05, 0.1) is 35.7 Å². The first kappa shape index (κ1) is 62.6. The Morgan fingerprint density at radius 2 is 1.13 bits per heavy atom. The molecule has 4 heterocycles. The Morgan fingerprint density at radius 1 is 0.607 bits per heavy atom. The van der Waals surface area contributed by atoms with Crippen molar-refractivity contribution in [2.75, 3.05) is 7.05 Å². The van der Waals surface area contributed by atoms with E-state index >= 15 is 19.2 Å². The Kier molecular flexibility index (Phi) is 17.8. The van der Waals surface area contributed by atoms with Gasteiger partial charge in [-0.3, -0.25) is 33.6 Å². The van der Waals surface area contributed by atoms with Crippen LogP contribution in [0.4, 0.5) is 0 Å². The number of phenolic OH excluding ortho intramolecular Hbond substituents is 5. The van der Waals surface area contributed by atoms with Crippen molar-refractivity contribution in [3.63, 3.8) is 0 Å². The van der Waals surface area contributed by atoms with Crippen molar-refractivity contribution in [2.45, 2.75) is 49.1 Å². The molecule has 0 fully saturated rings. The second-order valence-electron chi connectivity index (χ2n) is 20.6. The maximum atomic E-state index is 15.8. The Labute approximate surface area is 532 Å². The van der Waals surface area contributed by atoms with Crippen LogP contribution in [0, 0.1) is 0 Å². The number of carbonyl (C=O) groups is 8. The summed E-state index contributed by atoms with van der Waals surface area (Å²) in [4.78, 5) is 121. The second-order valence-corrected chi connectivity index (χ2v) is 23.0.